The van der Waals surface area contributed by atoms with Gasteiger partial charge in [0.2, 0.25) is 5.95 Å². The number of hydrogen-bond acceptors (Lipinski definition) is 3. The van der Waals surface area contributed by atoms with Crippen LogP contribution in [0.5, 0.6) is 0 Å². The minimum Gasteiger partial charge on any atom is -0.309 e. The molecule has 0 aliphatic heterocycles. The molecule has 0 saturated carbocycles. The molecule has 330 valence electrons. The second-order valence-corrected chi connectivity index (χ2v) is 18.4. The third-order valence-corrected chi connectivity index (χ3v) is 14.4. The average molecular weight is 905 g/mol. The Bertz CT molecular complexity index is 4550. The molecule has 11 aromatic carbocycles. The molecule has 0 bridgehead atoms. The van der Waals surface area contributed by atoms with Crippen LogP contribution in [0.25, 0.3) is 138 Å². The summed E-state index contributed by atoms with van der Waals surface area (Å²) in [6.07, 6.45) is 0. The molecular formula is C65H40N6. The third kappa shape index (κ3) is 6.05. The van der Waals surface area contributed by atoms with Crippen LogP contribution in [0.2, 0.25) is 0 Å². The molecule has 6 nitrogen and oxygen atoms in total. The predicted octanol–water partition coefficient (Wildman–Crippen LogP) is 16.5. The lowest BCUT2D eigenvalue weighted by molar-refractivity contribution is 0.953. The zero-order chi connectivity index (χ0) is 46.6. The van der Waals surface area contributed by atoms with Gasteiger partial charge >= 0.3 is 0 Å². The van der Waals surface area contributed by atoms with Gasteiger partial charge in [0.05, 0.1) is 38.8 Å². The Morgan fingerprint density at radius 1 is 0.254 bits per heavy atom. The van der Waals surface area contributed by atoms with Gasteiger partial charge in [-0.3, -0.25) is 4.57 Å². The molecular weight excluding hydrogens is 865 g/mol. The van der Waals surface area contributed by atoms with Gasteiger partial charge in [0.1, 0.15) is 0 Å². The second kappa shape index (κ2) is 15.4. The molecule has 0 fully saturated rings. The number of rotatable bonds is 6. The maximum Gasteiger partial charge on any atom is 0.238 e. The summed E-state index contributed by atoms with van der Waals surface area (Å²) < 4.78 is 7.14. The van der Waals surface area contributed by atoms with E-state index in [2.05, 4.69) is 256 Å². The van der Waals surface area contributed by atoms with E-state index in [9.17, 15) is 0 Å². The molecule has 4 heterocycles. The molecule has 0 atom stereocenters. The summed E-state index contributed by atoms with van der Waals surface area (Å²) in [5, 5.41) is 11.7. The van der Waals surface area contributed by atoms with E-state index in [4.69, 9.17) is 15.0 Å². The Morgan fingerprint density at radius 2 is 0.718 bits per heavy atom. The summed E-state index contributed by atoms with van der Waals surface area (Å²) in [5.41, 5.74) is 13.1. The molecule has 0 spiro atoms. The number of para-hydroxylation sites is 3. The van der Waals surface area contributed by atoms with Crippen molar-refractivity contribution in [3.63, 3.8) is 0 Å². The first-order chi connectivity index (χ1) is 35.2. The van der Waals surface area contributed by atoms with Crippen molar-refractivity contribution in [2.45, 2.75) is 0 Å². The monoisotopic (exact) mass is 904 g/mol. The molecule has 0 unspecified atom stereocenters. The third-order valence-electron chi connectivity index (χ3n) is 14.4. The van der Waals surface area contributed by atoms with E-state index in [1.807, 2.05) is 0 Å². The van der Waals surface area contributed by atoms with E-state index in [1.54, 1.807) is 0 Å². The van der Waals surface area contributed by atoms with Gasteiger partial charge in [-0.15, -0.1) is 0 Å². The van der Waals surface area contributed by atoms with E-state index in [-0.39, 0.29) is 0 Å². The lowest BCUT2D eigenvalue weighted by Crippen LogP contribution is -2.06. The quantitative estimate of drug-likeness (QED) is 0.167. The number of benzene rings is 11. The lowest BCUT2D eigenvalue weighted by Gasteiger charge is -2.13. The van der Waals surface area contributed by atoms with Crippen LogP contribution in [0.1, 0.15) is 0 Å². The molecule has 0 saturated heterocycles. The van der Waals surface area contributed by atoms with E-state index in [0.29, 0.717) is 17.6 Å². The SMILES string of the molecule is c1ccc(-c2cccc(-n3c4ccccc4c4c5c6ccccc6n(-c6cccc7c6c6ccccc6n7-c6nc(-c7ccc8ccccc8c7)nc(-c7ccc8ccccc8c7)n6)c5ccc43)c2)cc1. The van der Waals surface area contributed by atoms with Gasteiger partial charge in [0.15, 0.2) is 11.6 Å². The highest BCUT2D eigenvalue weighted by atomic mass is 15.2. The van der Waals surface area contributed by atoms with E-state index in [1.165, 1.54) is 54.5 Å². The Hall–Kier alpha value is -9.65. The molecule has 0 aliphatic carbocycles. The summed E-state index contributed by atoms with van der Waals surface area (Å²) in [6, 6.07) is 87.0. The van der Waals surface area contributed by atoms with E-state index in [0.717, 1.165) is 66.1 Å². The highest BCUT2D eigenvalue weighted by Gasteiger charge is 2.25. The molecule has 15 rings (SSSR count). The number of nitrogens with zero attached hydrogens (tertiary/aromatic N) is 6. The maximum atomic E-state index is 5.38. The zero-order valence-electron chi connectivity index (χ0n) is 38.3. The Labute approximate surface area is 407 Å². The van der Waals surface area contributed by atoms with Crippen molar-refractivity contribution in [3.8, 4) is 51.2 Å². The normalized spacial score (nSPS) is 11.9. The average Bonchev–Trinajstić information content (AvgIpc) is 4.09. The van der Waals surface area contributed by atoms with Gasteiger partial charge in [-0.05, 0) is 99.4 Å². The highest BCUT2D eigenvalue weighted by Crippen LogP contribution is 2.45. The first-order valence-electron chi connectivity index (χ1n) is 24.1. The van der Waals surface area contributed by atoms with Crippen molar-refractivity contribution in [2.24, 2.45) is 0 Å². The van der Waals surface area contributed by atoms with Crippen LogP contribution in [0.4, 0.5) is 0 Å². The number of hydrogen-bond donors (Lipinski definition) is 0. The Balaban J connectivity index is 0.986. The lowest BCUT2D eigenvalue weighted by atomic mass is 10.0. The predicted molar refractivity (Wildman–Crippen MR) is 294 cm³/mol. The topological polar surface area (TPSA) is 53.5 Å². The standard InChI is InChI=1S/C65H40N6/c1-2-16-41(17-3-1)46-22-14-23-49(40-46)69-53-27-11-9-25-51(53)61-58(69)36-37-59-62(61)52-26-10-12-28-54(52)70(59)56-30-15-31-57-60(56)50-24-8-13-29-55(50)71(57)65-67-63(47-34-32-42-18-4-6-20-44(42)38-47)66-64(68-65)48-35-33-43-19-5-7-21-45(43)39-48/h1-40H. The van der Waals surface area contributed by atoms with Crippen LogP contribution in [-0.4, -0.2) is 28.7 Å². The number of aromatic nitrogens is 6. The number of fused-ring (bicyclic) bond motifs is 12. The van der Waals surface area contributed by atoms with Crippen LogP contribution in [0, 0.1) is 0 Å². The molecule has 15 aromatic rings. The summed E-state index contributed by atoms with van der Waals surface area (Å²) in [5.74, 6) is 1.79. The van der Waals surface area contributed by atoms with Gasteiger partial charge in [0, 0.05) is 49.1 Å². The van der Waals surface area contributed by atoms with Gasteiger partial charge in [-0.2, -0.15) is 9.97 Å². The molecule has 0 radical (unpaired) electrons. The van der Waals surface area contributed by atoms with Gasteiger partial charge in [0.25, 0.3) is 0 Å². The van der Waals surface area contributed by atoms with Crippen LogP contribution in [-0.2, 0) is 0 Å². The van der Waals surface area contributed by atoms with Crippen LogP contribution in [0.3, 0.4) is 0 Å². The van der Waals surface area contributed by atoms with Gasteiger partial charge in [-0.1, -0.05) is 176 Å². The smallest absolute Gasteiger partial charge is 0.238 e. The van der Waals surface area contributed by atoms with Crippen molar-refractivity contribution in [3.05, 3.63) is 243 Å². The van der Waals surface area contributed by atoms with Crippen LogP contribution < -0.4 is 0 Å². The zero-order valence-corrected chi connectivity index (χ0v) is 38.3. The molecule has 0 aliphatic rings. The van der Waals surface area contributed by atoms with Gasteiger partial charge < -0.3 is 9.13 Å². The molecule has 4 aromatic heterocycles. The minimum atomic E-state index is 0.558. The first-order valence-corrected chi connectivity index (χ1v) is 24.1. The largest absolute Gasteiger partial charge is 0.309 e. The fourth-order valence-electron chi connectivity index (χ4n) is 11.3. The fourth-order valence-corrected chi connectivity index (χ4v) is 11.3. The van der Waals surface area contributed by atoms with E-state index >= 15 is 0 Å². The Kier molecular flexibility index (Phi) is 8.56. The second-order valence-electron chi connectivity index (χ2n) is 18.4. The van der Waals surface area contributed by atoms with Gasteiger partial charge in [-0.25, -0.2) is 4.98 Å². The summed E-state index contributed by atoms with van der Waals surface area (Å²) >= 11 is 0. The molecule has 71 heavy (non-hydrogen) atoms. The Morgan fingerprint density at radius 3 is 1.35 bits per heavy atom. The maximum absolute atomic E-state index is 5.38. The molecule has 0 N–H and O–H groups in total. The molecule has 6 heteroatoms. The first kappa shape index (κ1) is 39.4. The van der Waals surface area contributed by atoms with Crippen molar-refractivity contribution < 1.29 is 0 Å². The summed E-state index contributed by atoms with van der Waals surface area (Å²) in [6.45, 7) is 0. The van der Waals surface area contributed by atoms with Crippen molar-refractivity contribution in [1.29, 1.82) is 0 Å². The van der Waals surface area contributed by atoms with Crippen molar-refractivity contribution in [2.75, 3.05) is 0 Å². The molecule has 0 amide bonds. The summed E-state index contributed by atoms with van der Waals surface area (Å²) in [7, 11) is 0. The highest BCUT2D eigenvalue weighted by molar-refractivity contribution is 6.29. The fraction of sp³-hybridized carbons (Fsp3) is 0. The van der Waals surface area contributed by atoms with Crippen LogP contribution in [0.15, 0.2) is 243 Å². The van der Waals surface area contributed by atoms with E-state index < -0.39 is 0 Å². The van der Waals surface area contributed by atoms with Crippen LogP contribution >= 0.6 is 0 Å². The van der Waals surface area contributed by atoms with Crippen molar-refractivity contribution in [1.82, 2.24) is 28.7 Å². The minimum absolute atomic E-state index is 0.558. The summed E-state index contributed by atoms with van der Waals surface area (Å²) in [4.78, 5) is 16.0. The van der Waals surface area contributed by atoms with Crippen molar-refractivity contribution >= 4 is 87.0 Å².